The Kier molecular flexibility index (Phi) is 12.4. The number of ether oxygens (including phenoxy) is 3. The van der Waals surface area contributed by atoms with E-state index in [0.717, 1.165) is 12.8 Å². The molecule has 4 atom stereocenters. The summed E-state index contributed by atoms with van der Waals surface area (Å²) in [7, 11) is 0. The van der Waals surface area contributed by atoms with E-state index in [4.69, 9.17) is 14.2 Å². The quantitative estimate of drug-likeness (QED) is 0.310. The van der Waals surface area contributed by atoms with Crippen molar-refractivity contribution in [2.75, 3.05) is 13.2 Å². The van der Waals surface area contributed by atoms with Gasteiger partial charge >= 0.3 is 11.9 Å². The molecule has 1 saturated heterocycles. The molecular weight excluding hydrogens is 344 g/mol. The zero-order valence-corrected chi connectivity index (χ0v) is 17.8. The number of hydrogen-bond acceptors (Lipinski definition) is 5. The average molecular weight is 385 g/mol. The predicted molar refractivity (Wildman–Crippen MR) is 106 cm³/mol. The molecule has 0 aromatic heterocycles. The van der Waals surface area contributed by atoms with Gasteiger partial charge < -0.3 is 14.2 Å². The lowest BCUT2D eigenvalue weighted by Crippen LogP contribution is -2.31. The zero-order chi connectivity index (χ0) is 20.1. The fourth-order valence-electron chi connectivity index (χ4n) is 3.73. The van der Waals surface area contributed by atoms with Crippen LogP contribution >= 0.6 is 0 Å². The van der Waals surface area contributed by atoms with Gasteiger partial charge in [0.2, 0.25) is 0 Å². The van der Waals surface area contributed by atoms with Crippen molar-refractivity contribution in [3.8, 4) is 0 Å². The molecular formula is C22H40O5. The Hall–Kier alpha value is -1.10. The van der Waals surface area contributed by atoms with Gasteiger partial charge in [0.25, 0.3) is 0 Å². The zero-order valence-electron chi connectivity index (χ0n) is 17.8. The Labute approximate surface area is 165 Å². The number of rotatable bonds is 14. The largest absolute Gasteiger partial charge is 0.465 e. The van der Waals surface area contributed by atoms with Crippen molar-refractivity contribution in [2.24, 2.45) is 11.8 Å². The van der Waals surface area contributed by atoms with E-state index in [0.29, 0.717) is 19.6 Å². The number of carbonyl (C=O) groups excluding carboxylic acids is 2. The van der Waals surface area contributed by atoms with Gasteiger partial charge in [-0.15, -0.1) is 0 Å². The third-order valence-electron chi connectivity index (χ3n) is 5.43. The van der Waals surface area contributed by atoms with E-state index in [2.05, 4.69) is 6.92 Å². The molecule has 0 N–H and O–H groups in total. The molecule has 1 heterocycles. The van der Waals surface area contributed by atoms with Crippen LogP contribution in [-0.2, 0) is 23.8 Å². The predicted octanol–water partition coefficient (Wildman–Crippen LogP) is 5.05. The smallest absolute Gasteiger partial charge is 0.305 e. The summed E-state index contributed by atoms with van der Waals surface area (Å²) in [4.78, 5) is 23.0. The van der Waals surface area contributed by atoms with Gasteiger partial charge in [0, 0.05) is 25.2 Å². The molecule has 0 saturated carbocycles. The first kappa shape index (κ1) is 23.9. The molecule has 0 aromatic carbocycles. The Morgan fingerprint density at radius 1 is 1.04 bits per heavy atom. The van der Waals surface area contributed by atoms with Crippen molar-refractivity contribution in [1.82, 2.24) is 0 Å². The summed E-state index contributed by atoms with van der Waals surface area (Å²) < 4.78 is 16.5. The summed E-state index contributed by atoms with van der Waals surface area (Å²) >= 11 is 0. The van der Waals surface area contributed by atoms with E-state index in [1.807, 2.05) is 13.8 Å². The summed E-state index contributed by atoms with van der Waals surface area (Å²) in [5, 5.41) is 0. The lowest BCUT2D eigenvalue weighted by Gasteiger charge is -2.23. The molecule has 1 aliphatic rings. The van der Waals surface area contributed by atoms with Gasteiger partial charge in [0.05, 0.1) is 19.3 Å². The van der Waals surface area contributed by atoms with Gasteiger partial charge in [-0.25, -0.2) is 0 Å². The van der Waals surface area contributed by atoms with Gasteiger partial charge in [-0.05, 0) is 6.42 Å². The Morgan fingerprint density at radius 3 is 2.22 bits per heavy atom. The third-order valence-corrected chi connectivity index (χ3v) is 5.43. The Morgan fingerprint density at radius 2 is 1.63 bits per heavy atom. The molecule has 0 unspecified atom stereocenters. The SMILES string of the molecule is CCCCCCCCCCCC(=O)OC[C@@H](C)[C@H]1OC[C@H](OC(C)=O)[C@H]1C. The van der Waals surface area contributed by atoms with Crippen molar-refractivity contribution >= 4 is 11.9 Å². The fourth-order valence-corrected chi connectivity index (χ4v) is 3.73. The second-order valence-corrected chi connectivity index (χ2v) is 8.04. The maximum absolute atomic E-state index is 11.9. The van der Waals surface area contributed by atoms with E-state index < -0.39 is 0 Å². The van der Waals surface area contributed by atoms with E-state index in [-0.39, 0.29) is 36.0 Å². The summed E-state index contributed by atoms with van der Waals surface area (Å²) in [6, 6.07) is 0. The second kappa shape index (κ2) is 14.0. The van der Waals surface area contributed by atoms with Crippen molar-refractivity contribution < 1.29 is 23.8 Å². The molecule has 0 radical (unpaired) electrons. The lowest BCUT2D eigenvalue weighted by atomic mass is 9.92. The first-order chi connectivity index (χ1) is 13.0. The Balaban J connectivity index is 2.06. The van der Waals surface area contributed by atoms with Gasteiger partial charge in [-0.1, -0.05) is 72.1 Å². The monoisotopic (exact) mass is 384 g/mol. The van der Waals surface area contributed by atoms with Gasteiger partial charge in [0.1, 0.15) is 6.10 Å². The minimum Gasteiger partial charge on any atom is -0.465 e. The molecule has 0 aliphatic carbocycles. The van der Waals surface area contributed by atoms with E-state index in [1.54, 1.807) is 0 Å². The highest BCUT2D eigenvalue weighted by atomic mass is 16.6. The van der Waals surface area contributed by atoms with E-state index in [1.165, 1.54) is 51.9 Å². The highest BCUT2D eigenvalue weighted by Gasteiger charge is 2.39. The molecule has 1 fully saturated rings. The molecule has 1 rings (SSSR count). The molecule has 27 heavy (non-hydrogen) atoms. The molecule has 158 valence electrons. The number of carbonyl (C=O) groups is 2. The minimum atomic E-state index is -0.281. The second-order valence-electron chi connectivity index (χ2n) is 8.04. The summed E-state index contributed by atoms with van der Waals surface area (Å²) in [6.45, 7) is 8.47. The van der Waals surface area contributed by atoms with Crippen LogP contribution in [0.5, 0.6) is 0 Å². The van der Waals surface area contributed by atoms with Gasteiger partial charge in [-0.2, -0.15) is 0 Å². The van der Waals surface area contributed by atoms with Crippen LogP contribution < -0.4 is 0 Å². The molecule has 0 aromatic rings. The number of hydrogen-bond donors (Lipinski definition) is 0. The highest BCUT2D eigenvalue weighted by molar-refractivity contribution is 5.69. The molecule has 0 amide bonds. The van der Waals surface area contributed by atoms with E-state index in [9.17, 15) is 9.59 Å². The summed E-state index contributed by atoms with van der Waals surface area (Å²) in [5.41, 5.74) is 0. The molecule has 5 heteroatoms. The highest BCUT2D eigenvalue weighted by Crippen LogP contribution is 2.29. The van der Waals surface area contributed by atoms with Gasteiger partial charge in [0.15, 0.2) is 0 Å². The van der Waals surface area contributed by atoms with Gasteiger partial charge in [-0.3, -0.25) is 9.59 Å². The van der Waals surface area contributed by atoms with Crippen LogP contribution in [0.2, 0.25) is 0 Å². The van der Waals surface area contributed by atoms with Crippen molar-refractivity contribution in [1.29, 1.82) is 0 Å². The molecule has 5 nitrogen and oxygen atoms in total. The molecule has 0 bridgehead atoms. The fraction of sp³-hybridized carbons (Fsp3) is 0.909. The summed E-state index contributed by atoms with van der Waals surface area (Å²) in [5.74, 6) is -0.198. The van der Waals surface area contributed by atoms with Crippen molar-refractivity contribution in [3.63, 3.8) is 0 Å². The number of unbranched alkanes of at least 4 members (excludes halogenated alkanes) is 8. The summed E-state index contributed by atoms with van der Waals surface area (Å²) in [6.07, 6.45) is 11.4. The van der Waals surface area contributed by atoms with Crippen LogP contribution in [0, 0.1) is 11.8 Å². The van der Waals surface area contributed by atoms with Crippen LogP contribution in [-0.4, -0.2) is 37.4 Å². The first-order valence-corrected chi connectivity index (χ1v) is 10.9. The molecule has 0 spiro atoms. The van der Waals surface area contributed by atoms with Crippen LogP contribution in [0.3, 0.4) is 0 Å². The van der Waals surface area contributed by atoms with E-state index >= 15 is 0 Å². The third kappa shape index (κ3) is 10.1. The van der Waals surface area contributed by atoms with Crippen molar-refractivity contribution in [3.05, 3.63) is 0 Å². The maximum atomic E-state index is 11.9. The van der Waals surface area contributed by atoms with Crippen LogP contribution in [0.4, 0.5) is 0 Å². The van der Waals surface area contributed by atoms with Crippen molar-refractivity contribution in [2.45, 2.75) is 104 Å². The van der Waals surface area contributed by atoms with Crippen LogP contribution in [0.15, 0.2) is 0 Å². The minimum absolute atomic E-state index is 0.0464. The van der Waals surface area contributed by atoms with Crippen LogP contribution in [0.25, 0.3) is 0 Å². The van der Waals surface area contributed by atoms with Crippen LogP contribution in [0.1, 0.15) is 91.9 Å². The first-order valence-electron chi connectivity index (χ1n) is 10.9. The average Bonchev–Trinajstić information content (AvgIpc) is 2.98. The lowest BCUT2D eigenvalue weighted by molar-refractivity contribution is -0.147. The standard InChI is InChI=1S/C22H40O5/c1-5-6-7-8-9-10-11-12-13-14-21(24)25-15-17(2)22-18(3)20(16-26-22)27-19(4)23/h17-18,20,22H,5-16H2,1-4H3/t17-,18-,20+,22-/m1/s1. The molecule has 1 aliphatic heterocycles. The maximum Gasteiger partial charge on any atom is 0.305 e. The Bertz CT molecular complexity index is 423. The topological polar surface area (TPSA) is 61.8 Å². The number of esters is 2. The normalized spacial score (nSPS) is 23.2.